The molecule has 2 fully saturated rings. The van der Waals surface area contributed by atoms with Gasteiger partial charge in [0.1, 0.15) is 11.9 Å². The van der Waals surface area contributed by atoms with Crippen LogP contribution in [0.5, 0.6) is 5.75 Å². The van der Waals surface area contributed by atoms with Crippen LogP contribution in [0.1, 0.15) is 40.9 Å². The van der Waals surface area contributed by atoms with Crippen LogP contribution in [0.3, 0.4) is 0 Å². The number of carbonyl (C=O) groups excluding carboxylic acids is 2. The third kappa shape index (κ3) is 6.07. The second kappa shape index (κ2) is 12.1. The molecule has 40 heavy (non-hydrogen) atoms. The van der Waals surface area contributed by atoms with Crippen molar-refractivity contribution < 1.29 is 24.2 Å². The van der Waals surface area contributed by atoms with E-state index in [9.17, 15) is 14.7 Å². The van der Waals surface area contributed by atoms with Crippen LogP contribution in [0.15, 0.2) is 66.0 Å². The Morgan fingerprint density at radius 3 is 2.70 bits per heavy atom. The van der Waals surface area contributed by atoms with Crippen molar-refractivity contribution in [3.05, 3.63) is 76.5 Å². The summed E-state index contributed by atoms with van der Waals surface area (Å²) in [5.41, 5.74) is 2.49. The van der Waals surface area contributed by atoms with Gasteiger partial charge in [-0.05, 0) is 54.0 Å². The quantitative estimate of drug-likeness (QED) is 0.452. The van der Waals surface area contributed by atoms with Crippen LogP contribution in [-0.4, -0.2) is 71.9 Å². The smallest absolute Gasteiger partial charge is 0.255 e. The molecule has 6 rings (SSSR count). The topological polar surface area (TPSA) is 100 Å². The summed E-state index contributed by atoms with van der Waals surface area (Å²) in [5, 5.41) is 18.8. The van der Waals surface area contributed by atoms with E-state index < -0.39 is 18.2 Å². The monoisotopic (exact) mass is 561 g/mol. The maximum absolute atomic E-state index is 13.6. The number of thiophene rings is 1. The van der Waals surface area contributed by atoms with E-state index in [1.54, 1.807) is 11.3 Å². The largest absolute Gasteiger partial charge is 0.493 e. The summed E-state index contributed by atoms with van der Waals surface area (Å²) in [4.78, 5) is 30.3. The van der Waals surface area contributed by atoms with Crippen molar-refractivity contribution in [2.45, 2.75) is 62.6 Å². The van der Waals surface area contributed by atoms with E-state index >= 15 is 0 Å². The van der Waals surface area contributed by atoms with Crippen LogP contribution < -0.4 is 15.4 Å². The van der Waals surface area contributed by atoms with E-state index in [0.717, 1.165) is 16.0 Å². The normalized spacial score (nSPS) is 27.8. The molecule has 2 amide bonds. The highest BCUT2D eigenvalue weighted by atomic mass is 32.1. The number of hydrogen-bond acceptors (Lipinski definition) is 7. The van der Waals surface area contributed by atoms with Gasteiger partial charge in [0.15, 0.2) is 0 Å². The van der Waals surface area contributed by atoms with E-state index in [4.69, 9.17) is 9.47 Å². The standard InChI is InChI=1S/C31H35N3O5S/c35-27-11-9-23-12-13-38-28-15-21(20-5-2-1-3-6-20)8-10-25(28)30(36)33-22-16-26(31(37)32-17-29(27)39-23)34(18-22)19-24-7-4-14-40-24/h1-8,10,14-15,22-23,26-27,29,35H,9,11-13,16-19H2,(H,32,37)(H,33,36)/t22-,23-,26-,27-,29+/m0/s1. The van der Waals surface area contributed by atoms with Crippen molar-refractivity contribution in [1.29, 1.82) is 0 Å². The molecule has 0 aliphatic carbocycles. The fourth-order valence-electron chi connectivity index (χ4n) is 5.93. The highest BCUT2D eigenvalue weighted by molar-refractivity contribution is 7.09. The molecule has 3 N–H and O–H groups in total. The first-order chi connectivity index (χ1) is 19.5. The van der Waals surface area contributed by atoms with Gasteiger partial charge in [0, 0.05) is 37.0 Å². The van der Waals surface area contributed by atoms with Crippen molar-refractivity contribution in [3.8, 4) is 16.9 Å². The molecule has 3 aromatic rings. The predicted octanol–water partition coefficient (Wildman–Crippen LogP) is 3.60. The third-order valence-electron chi connectivity index (χ3n) is 8.07. The summed E-state index contributed by atoms with van der Waals surface area (Å²) in [6, 6.07) is 19.2. The van der Waals surface area contributed by atoms with Crippen LogP contribution in [0.2, 0.25) is 0 Å². The molecule has 4 heterocycles. The molecular formula is C31H35N3O5S. The van der Waals surface area contributed by atoms with Crippen molar-refractivity contribution >= 4 is 23.2 Å². The Hall–Kier alpha value is -3.24. The lowest BCUT2D eigenvalue weighted by Gasteiger charge is -2.34. The predicted molar refractivity (Wildman–Crippen MR) is 153 cm³/mol. The van der Waals surface area contributed by atoms with Crippen LogP contribution in [0.25, 0.3) is 11.1 Å². The van der Waals surface area contributed by atoms with Crippen molar-refractivity contribution in [1.82, 2.24) is 15.5 Å². The molecule has 3 aliphatic rings. The number of nitrogens with zero attached hydrogens (tertiary/aromatic N) is 1. The average Bonchev–Trinajstić information content (AvgIpc) is 3.63. The Balaban J connectivity index is 1.29. The number of fused-ring (bicyclic) bond motifs is 5. The fraction of sp³-hybridized carbons (Fsp3) is 0.419. The van der Waals surface area contributed by atoms with E-state index in [-0.39, 0.29) is 30.5 Å². The number of rotatable bonds is 3. The zero-order valence-corrected chi connectivity index (χ0v) is 23.1. The van der Waals surface area contributed by atoms with E-state index in [1.807, 2.05) is 60.0 Å². The summed E-state index contributed by atoms with van der Waals surface area (Å²) in [6.07, 6.45) is 1.26. The lowest BCUT2D eigenvalue weighted by molar-refractivity contribution is -0.133. The van der Waals surface area contributed by atoms with E-state index in [0.29, 0.717) is 56.7 Å². The summed E-state index contributed by atoms with van der Waals surface area (Å²) in [6.45, 7) is 1.82. The molecule has 210 valence electrons. The van der Waals surface area contributed by atoms with Gasteiger partial charge in [-0.3, -0.25) is 14.5 Å². The number of nitrogens with one attached hydrogen (secondary N) is 2. The van der Waals surface area contributed by atoms with Gasteiger partial charge in [-0.25, -0.2) is 0 Å². The second-order valence-corrected chi connectivity index (χ2v) is 11.9. The number of carbonyl (C=O) groups is 2. The summed E-state index contributed by atoms with van der Waals surface area (Å²) in [7, 11) is 0. The average molecular weight is 562 g/mol. The maximum atomic E-state index is 13.6. The van der Waals surface area contributed by atoms with Crippen LogP contribution >= 0.6 is 11.3 Å². The van der Waals surface area contributed by atoms with Gasteiger partial charge in [0.2, 0.25) is 5.91 Å². The SMILES string of the molecule is O=C1N[C@H]2C[C@@H](C(=O)NC[C@H]3O[C@H](CCOc4cc(-c5ccccc5)ccc41)CC[C@@H]3O)N(Cc1cccs1)C2. The van der Waals surface area contributed by atoms with Gasteiger partial charge < -0.3 is 25.2 Å². The molecule has 4 bridgehead atoms. The summed E-state index contributed by atoms with van der Waals surface area (Å²) < 4.78 is 12.5. The Morgan fingerprint density at radius 2 is 1.88 bits per heavy atom. The summed E-state index contributed by atoms with van der Waals surface area (Å²) >= 11 is 1.65. The minimum absolute atomic E-state index is 0.0982. The number of likely N-dealkylation sites (tertiary alicyclic amines) is 1. The molecule has 1 aromatic heterocycles. The van der Waals surface area contributed by atoms with Gasteiger partial charge in [0.05, 0.1) is 30.4 Å². The van der Waals surface area contributed by atoms with Gasteiger partial charge in [-0.15, -0.1) is 11.3 Å². The Bertz CT molecular complexity index is 1320. The number of benzene rings is 2. The van der Waals surface area contributed by atoms with Gasteiger partial charge >= 0.3 is 0 Å². The minimum atomic E-state index is -0.622. The third-order valence-corrected chi connectivity index (χ3v) is 8.93. The molecule has 0 radical (unpaired) electrons. The molecule has 8 nitrogen and oxygen atoms in total. The number of aliphatic hydroxyl groups is 1. The van der Waals surface area contributed by atoms with E-state index in [1.165, 1.54) is 0 Å². The first-order valence-corrected chi connectivity index (χ1v) is 14.9. The van der Waals surface area contributed by atoms with Gasteiger partial charge in [0.25, 0.3) is 5.91 Å². The number of amides is 2. The van der Waals surface area contributed by atoms with Crippen molar-refractivity contribution in [3.63, 3.8) is 0 Å². The number of ether oxygens (including phenoxy) is 2. The molecule has 2 aromatic carbocycles. The number of hydrogen-bond donors (Lipinski definition) is 3. The molecule has 0 spiro atoms. The zero-order valence-electron chi connectivity index (χ0n) is 22.3. The molecule has 2 saturated heterocycles. The molecule has 0 unspecified atom stereocenters. The molecule has 5 atom stereocenters. The molecule has 9 heteroatoms. The Labute approximate surface area is 238 Å². The van der Waals surface area contributed by atoms with Crippen LogP contribution in [0.4, 0.5) is 0 Å². The van der Waals surface area contributed by atoms with Gasteiger partial charge in [-0.1, -0.05) is 42.5 Å². The Kier molecular flexibility index (Phi) is 8.15. The maximum Gasteiger partial charge on any atom is 0.255 e. The Morgan fingerprint density at radius 1 is 1.00 bits per heavy atom. The first-order valence-electron chi connectivity index (χ1n) is 14.0. The van der Waals surface area contributed by atoms with Crippen LogP contribution in [0, 0.1) is 0 Å². The second-order valence-electron chi connectivity index (χ2n) is 10.8. The van der Waals surface area contributed by atoms with E-state index in [2.05, 4.69) is 21.6 Å². The van der Waals surface area contributed by atoms with Crippen molar-refractivity contribution in [2.75, 3.05) is 19.7 Å². The molecular weight excluding hydrogens is 526 g/mol. The van der Waals surface area contributed by atoms with Crippen molar-refractivity contribution in [2.24, 2.45) is 0 Å². The summed E-state index contributed by atoms with van der Waals surface area (Å²) in [5.74, 6) is 0.219. The first kappa shape index (κ1) is 27.0. The lowest BCUT2D eigenvalue weighted by atomic mass is 9.99. The lowest BCUT2D eigenvalue weighted by Crippen LogP contribution is -2.50. The highest BCUT2D eigenvalue weighted by Gasteiger charge is 2.39. The number of aliphatic hydroxyl groups excluding tert-OH is 1. The molecule has 0 saturated carbocycles. The van der Waals surface area contributed by atoms with Gasteiger partial charge in [-0.2, -0.15) is 0 Å². The zero-order chi connectivity index (χ0) is 27.5. The minimum Gasteiger partial charge on any atom is -0.493 e. The molecule has 3 aliphatic heterocycles. The highest BCUT2D eigenvalue weighted by Crippen LogP contribution is 2.30. The van der Waals surface area contributed by atoms with Crippen LogP contribution in [-0.2, 0) is 16.1 Å². The fourth-order valence-corrected chi connectivity index (χ4v) is 6.65.